The van der Waals surface area contributed by atoms with E-state index in [0.29, 0.717) is 33.2 Å². The van der Waals surface area contributed by atoms with Gasteiger partial charge in [0, 0.05) is 22.9 Å². The van der Waals surface area contributed by atoms with E-state index >= 15 is 0 Å². The summed E-state index contributed by atoms with van der Waals surface area (Å²) in [6, 6.07) is 11.9. The van der Waals surface area contributed by atoms with Crippen LogP contribution in [0.3, 0.4) is 0 Å². The van der Waals surface area contributed by atoms with Crippen molar-refractivity contribution >= 4 is 34.4 Å². The molecule has 1 N–H and O–H groups in total. The average molecular weight is 397 g/mol. The first-order valence-electron chi connectivity index (χ1n) is 8.71. The number of benzene rings is 2. The van der Waals surface area contributed by atoms with Crippen molar-refractivity contribution in [3.05, 3.63) is 70.1 Å². The van der Waals surface area contributed by atoms with Crippen LogP contribution in [0.2, 0.25) is 5.02 Å². The fourth-order valence-corrected chi connectivity index (χ4v) is 3.86. The number of carbonyl (C=O) groups excluding carboxylic acids is 1. The van der Waals surface area contributed by atoms with Gasteiger partial charge in [0.05, 0.1) is 5.69 Å². The fourth-order valence-electron chi connectivity index (χ4n) is 3.68. The van der Waals surface area contributed by atoms with Crippen LogP contribution in [0.15, 0.2) is 46.9 Å². The molecule has 28 heavy (non-hydrogen) atoms. The number of para-hydroxylation sites is 2. The van der Waals surface area contributed by atoms with Gasteiger partial charge in [0.15, 0.2) is 5.58 Å². The molecule has 1 amide bonds. The minimum Gasteiger partial charge on any atom is -0.422 e. The van der Waals surface area contributed by atoms with Crippen molar-refractivity contribution in [3.63, 3.8) is 0 Å². The summed E-state index contributed by atoms with van der Waals surface area (Å²) in [4.78, 5) is 16.9. The van der Waals surface area contributed by atoms with Crippen molar-refractivity contribution in [3.8, 4) is 6.01 Å². The Bertz CT molecular complexity index is 1210. The normalized spacial score (nSPS) is 16.2. The van der Waals surface area contributed by atoms with Gasteiger partial charge in [-0.2, -0.15) is 14.8 Å². The maximum absolute atomic E-state index is 14.5. The highest BCUT2D eigenvalue weighted by molar-refractivity contribution is 6.30. The molecule has 8 heteroatoms. The number of anilines is 1. The highest BCUT2D eigenvalue weighted by atomic mass is 35.5. The summed E-state index contributed by atoms with van der Waals surface area (Å²) in [6.45, 7) is 1.81. The van der Waals surface area contributed by atoms with Crippen LogP contribution < -0.4 is 5.32 Å². The first kappa shape index (κ1) is 16.9. The van der Waals surface area contributed by atoms with E-state index in [1.54, 1.807) is 12.1 Å². The number of fused-ring (bicyclic) bond motifs is 2. The molecule has 4 aromatic rings. The smallest absolute Gasteiger partial charge is 0.325 e. The topological polar surface area (TPSA) is 73.0 Å². The molecule has 0 bridgehead atoms. The summed E-state index contributed by atoms with van der Waals surface area (Å²) >= 11 is 6.07. The highest BCUT2D eigenvalue weighted by Crippen LogP contribution is 2.41. The van der Waals surface area contributed by atoms with Gasteiger partial charge in [-0.3, -0.25) is 4.79 Å². The number of carbonyl (C=O) groups is 1. The molecule has 0 saturated carbocycles. The maximum Gasteiger partial charge on any atom is 0.325 e. The monoisotopic (exact) mass is 396 g/mol. The molecule has 6 nitrogen and oxygen atoms in total. The van der Waals surface area contributed by atoms with Crippen molar-refractivity contribution in [2.45, 2.75) is 19.3 Å². The fraction of sp³-hybridized carbons (Fsp3) is 0.150. The number of oxazole rings is 1. The number of aromatic nitrogens is 3. The molecule has 1 unspecified atom stereocenters. The average Bonchev–Trinajstić information content (AvgIpc) is 3.24. The molecule has 2 aromatic heterocycles. The van der Waals surface area contributed by atoms with Crippen LogP contribution in [0.5, 0.6) is 0 Å². The molecule has 3 heterocycles. The van der Waals surface area contributed by atoms with E-state index in [1.807, 2.05) is 25.1 Å². The predicted octanol–water partition coefficient (Wildman–Crippen LogP) is 4.59. The van der Waals surface area contributed by atoms with E-state index < -0.39 is 11.7 Å². The minimum absolute atomic E-state index is 0.102. The Labute approximate surface area is 163 Å². The molecule has 140 valence electrons. The van der Waals surface area contributed by atoms with Gasteiger partial charge in [-0.1, -0.05) is 23.7 Å². The summed E-state index contributed by atoms with van der Waals surface area (Å²) < 4.78 is 21.8. The Balaban J connectivity index is 1.70. The third kappa shape index (κ3) is 2.58. The number of nitrogens with one attached hydrogen (secondary N) is 1. The lowest BCUT2D eigenvalue weighted by Crippen LogP contribution is -2.25. The lowest BCUT2D eigenvalue weighted by molar-refractivity contribution is -0.116. The minimum atomic E-state index is -0.499. The van der Waals surface area contributed by atoms with Gasteiger partial charge in [0.1, 0.15) is 17.2 Å². The summed E-state index contributed by atoms with van der Waals surface area (Å²) in [5, 5.41) is 7.75. The Morgan fingerprint density at radius 2 is 2.11 bits per heavy atom. The second kappa shape index (κ2) is 6.17. The lowest BCUT2D eigenvalue weighted by atomic mass is 9.85. The van der Waals surface area contributed by atoms with Crippen LogP contribution in [0.25, 0.3) is 17.1 Å². The highest BCUT2D eigenvalue weighted by Gasteiger charge is 2.35. The zero-order chi connectivity index (χ0) is 19.4. The van der Waals surface area contributed by atoms with Crippen LogP contribution in [-0.2, 0) is 4.79 Å². The van der Waals surface area contributed by atoms with Crippen molar-refractivity contribution < 1.29 is 13.6 Å². The summed E-state index contributed by atoms with van der Waals surface area (Å²) in [7, 11) is 0. The van der Waals surface area contributed by atoms with E-state index in [9.17, 15) is 9.18 Å². The van der Waals surface area contributed by atoms with Gasteiger partial charge in [0.2, 0.25) is 5.91 Å². The van der Waals surface area contributed by atoms with Crippen LogP contribution >= 0.6 is 11.6 Å². The Hall–Kier alpha value is -3.19. The Kier molecular flexibility index (Phi) is 3.73. The number of rotatable bonds is 2. The first-order chi connectivity index (χ1) is 13.5. The van der Waals surface area contributed by atoms with Crippen molar-refractivity contribution in [2.75, 3.05) is 5.32 Å². The molecule has 0 spiro atoms. The van der Waals surface area contributed by atoms with Gasteiger partial charge in [-0.05, 0) is 42.8 Å². The zero-order valence-corrected chi connectivity index (χ0v) is 15.5. The van der Waals surface area contributed by atoms with E-state index in [1.165, 1.54) is 16.8 Å². The largest absolute Gasteiger partial charge is 0.422 e. The molecule has 1 atom stereocenters. The van der Waals surface area contributed by atoms with Gasteiger partial charge in [0.25, 0.3) is 0 Å². The predicted molar refractivity (Wildman–Crippen MR) is 102 cm³/mol. The van der Waals surface area contributed by atoms with E-state index in [4.69, 9.17) is 16.0 Å². The number of amides is 1. The van der Waals surface area contributed by atoms with Crippen molar-refractivity contribution in [1.29, 1.82) is 0 Å². The lowest BCUT2D eigenvalue weighted by Gasteiger charge is -2.24. The molecule has 5 rings (SSSR count). The first-order valence-corrected chi connectivity index (χ1v) is 9.09. The van der Waals surface area contributed by atoms with Crippen LogP contribution in [0.4, 0.5) is 10.2 Å². The number of hydrogen-bond donors (Lipinski definition) is 1. The summed E-state index contributed by atoms with van der Waals surface area (Å²) in [6.07, 6.45) is 0.102. The van der Waals surface area contributed by atoms with E-state index in [2.05, 4.69) is 15.4 Å². The third-order valence-corrected chi connectivity index (χ3v) is 5.13. The second-order valence-electron chi connectivity index (χ2n) is 6.69. The number of hydrogen-bond acceptors (Lipinski definition) is 4. The number of nitrogens with zero attached hydrogens (tertiary/aromatic N) is 3. The molecule has 0 saturated heterocycles. The third-order valence-electron chi connectivity index (χ3n) is 4.90. The quantitative estimate of drug-likeness (QED) is 0.538. The van der Waals surface area contributed by atoms with Crippen LogP contribution in [0.1, 0.15) is 29.2 Å². The zero-order valence-electron chi connectivity index (χ0n) is 14.7. The van der Waals surface area contributed by atoms with Crippen LogP contribution in [0, 0.1) is 12.7 Å². The molecular weight excluding hydrogens is 383 g/mol. The Morgan fingerprint density at radius 1 is 1.29 bits per heavy atom. The van der Waals surface area contributed by atoms with Crippen LogP contribution in [-0.4, -0.2) is 20.7 Å². The SMILES string of the molecule is Cc1nn(-c2nc3ccccc3o2)c2c1C(c1cc(Cl)ccc1F)CC(=O)N2. The summed E-state index contributed by atoms with van der Waals surface area (Å²) in [5.41, 5.74) is 3.03. The number of halogens is 2. The van der Waals surface area contributed by atoms with E-state index in [-0.39, 0.29) is 18.3 Å². The second-order valence-corrected chi connectivity index (χ2v) is 7.13. The standard InChI is InChI=1S/C20H14ClFN4O2/c1-10-18-13(12-8-11(21)6-7-14(12)22)9-17(27)24-19(18)26(25-10)20-23-15-4-2-3-5-16(15)28-20/h2-8,13H,9H2,1H3,(H,24,27). The molecule has 0 radical (unpaired) electrons. The number of aryl methyl sites for hydroxylation is 1. The maximum atomic E-state index is 14.5. The molecule has 1 aliphatic rings. The molecular formula is C20H14ClFN4O2. The van der Waals surface area contributed by atoms with Gasteiger partial charge in [-0.25, -0.2) is 4.39 Å². The summed E-state index contributed by atoms with van der Waals surface area (Å²) in [5.74, 6) is -0.719. The van der Waals surface area contributed by atoms with Gasteiger partial charge >= 0.3 is 6.01 Å². The van der Waals surface area contributed by atoms with E-state index in [0.717, 1.165) is 5.56 Å². The van der Waals surface area contributed by atoms with Crippen molar-refractivity contribution in [2.24, 2.45) is 0 Å². The van der Waals surface area contributed by atoms with Gasteiger partial charge < -0.3 is 9.73 Å². The Morgan fingerprint density at radius 3 is 2.93 bits per heavy atom. The van der Waals surface area contributed by atoms with Crippen molar-refractivity contribution in [1.82, 2.24) is 14.8 Å². The van der Waals surface area contributed by atoms with Gasteiger partial charge in [-0.15, -0.1) is 0 Å². The molecule has 2 aromatic carbocycles. The molecule has 0 fully saturated rings. The molecule has 0 aliphatic carbocycles. The molecule has 1 aliphatic heterocycles.